The minimum Gasteiger partial charge on any atom is -0.463 e. The number of carbonyl (C=O) groups is 2. The number of likely N-dealkylation sites (tertiary alicyclic amines) is 2. The Morgan fingerprint density at radius 1 is 1.16 bits per heavy atom. The van der Waals surface area contributed by atoms with E-state index in [0.29, 0.717) is 31.2 Å². The molecule has 9 heteroatoms. The average molecular weight is 589 g/mol. The summed E-state index contributed by atoms with van der Waals surface area (Å²) < 4.78 is 11.4. The van der Waals surface area contributed by atoms with Crippen LogP contribution in [0.3, 0.4) is 0 Å². The van der Waals surface area contributed by atoms with Gasteiger partial charge in [-0.2, -0.15) is 0 Å². The number of fused-ring (bicyclic) bond motifs is 5. The standard InChI is InChI=1S/C34H44N4O5/c1-4-24-25-17-23(43-33(40)37-15-11-22(12-16-37)36-13-7-6-8-14-36)9-10-29(25)35-31-26(24)19-38-21(3)27-20-42-32(39)34(41,5-2)28(27)18-30(31)38/h9-10,17,22,27-28,30,41H,3-8,11-16,18-20H2,1-2H3/t27?,28?,30?,34-/m0/s1. The van der Waals surface area contributed by atoms with Crippen LogP contribution >= 0.6 is 0 Å². The van der Waals surface area contributed by atoms with Crippen LogP contribution in [0.4, 0.5) is 4.79 Å². The molecule has 0 aliphatic carbocycles. The summed E-state index contributed by atoms with van der Waals surface area (Å²) in [6.45, 7) is 13.2. The minimum atomic E-state index is -1.51. The van der Waals surface area contributed by atoms with Crippen molar-refractivity contribution in [1.29, 1.82) is 0 Å². The smallest absolute Gasteiger partial charge is 0.415 e. The summed E-state index contributed by atoms with van der Waals surface area (Å²) in [7, 11) is 0. The molecule has 4 saturated heterocycles. The molecule has 5 aliphatic heterocycles. The monoisotopic (exact) mass is 588 g/mol. The summed E-state index contributed by atoms with van der Waals surface area (Å²) in [6.07, 6.45) is 7.38. The normalized spacial score (nSPS) is 29.7. The van der Waals surface area contributed by atoms with E-state index in [-0.39, 0.29) is 30.6 Å². The van der Waals surface area contributed by atoms with Crippen molar-refractivity contribution in [2.45, 2.75) is 89.4 Å². The van der Waals surface area contributed by atoms with Gasteiger partial charge in [-0.3, -0.25) is 4.98 Å². The quantitative estimate of drug-likeness (QED) is 0.502. The number of aromatic nitrogens is 1. The largest absolute Gasteiger partial charge is 0.463 e. The highest BCUT2D eigenvalue weighted by molar-refractivity contribution is 5.86. The van der Waals surface area contributed by atoms with E-state index in [1.165, 1.54) is 43.5 Å². The van der Waals surface area contributed by atoms with Crippen molar-refractivity contribution >= 4 is 23.0 Å². The molecule has 7 rings (SSSR count). The first-order chi connectivity index (χ1) is 20.8. The van der Waals surface area contributed by atoms with E-state index >= 15 is 0 Å². The van der Waals surface area contributed by atoms with E-state index in [1.54, 1.807) is 0 Å². The lowest BCUT2D eigenvalue weighted by molar-refractivity contribution is -0.195. The lowest BCUT2D eigenvalue weighted by Gasteiger charge is -2.50. The second kappa shape index (κ2) is 11.1. The molecule has 1 aromatic heterocycles. The van der Waals surface area contributed by atoms with Crippen LogP contribution in [0.5, 0.6) is 5.75 Å². The van der Waals surface area contributed by atoms with E-state index in [1.807, 2.05) is 30.0 Å². The van der Waals surface area contributed by atoms with Gasteiger partial charge in [0, 0.05) is 48.6 Å². The molecule has 3 unspecified atom stereocenters. The number of esters is 1. The second-order valence-electron chi connectivity index (χ2n) is 13.1. The van der Waals surface area contributed by atoms with E-state index < -0.39 is 11.6 Å². The van der Waals surface area contributed by atoms with Gasteiger partial charge in [-0.05, 0) is 87.4 Å². The highest BCUT2D eigenvalue weighted by atomic mass is 16.6. The Kier molecular flexibility index (Phi) is 7.37. The molecule has 0 saturated carbocycles. The Morgan fingerprint density at radius 2 is 1.93 bits per heavy atom. The van der Waals surface area contributed by atoms with Crippen LogP contribution < -0.4 is 4.74 Å². The van der Waals surface area contributed by atoms with Crippen molar-refractivity contribution in [3.8, 4) is 5.75 Å². The number of amides is 1. The second-order valence-corrected chi connectivity index (χ2v) is 13.1. The Morgan fingerprint density at radius 3 is 2.65 bits per heavy atom. The van der Waals surface area contributed by atoms with Gasteiger partial charge in [0.1, 0.15) is 12.4 Å². The van der Waals surface area contributed by atoms with E-state index in [2.05, 4.69) is 23.3 Å². The Hall–Kier alpha value is -3.17. The first-order valence-corrected chi connectivity index (χ1v) is 16.3. The first-order valence-electron chi connectivity index (χ1n) is 16.3. The zero-order chi connectivity index (χ0) is 29.9. The number of cyclic esters (lactones) is 1. The lowest BCUT2D eigenvalue weighted by atomic mass is 9.68. The Balaban J connectivity index is 1.11. The van der Waals surface area contributed by atoms with Gasteiger partial charge >= 0.3 is 12.1 Å². The minimum absolute atomic E-state index is 0.0483. The fourth-order valence-electron chi connectivity index (χ4n) is 8.56. The van der Waals surface area contributed by atoms with Gasteiger partial charge in [0.05, 0.1) is 17.3 Å². The number of piperidine rings is 3. The highest BCUT2D eigenvalue weighted by Crippen LogP contribution is 2.54. The van der Waals surface area contributed by atoms with Crippen LogP contribution in [-0.2, 0) is 22.5 Å². The van der Waals surface area contributed by atoms with Gasteiger partial charge in [-0.1, -0.05) is 26.8 Å². The number of carbonyl (C=O) groups excluding carboxylic acids is 2. The molecule has 230 valence electrons. The third kappa shape index (κ3) is 4.70. The first kappa shape index (κ1) is 28.6. The number of benzene rings is 1. The summed E-state index contributed by atoms with van der Waals surface area (Å²) in [4.78, 5) is 37.7. The predicted octanol–water partition coefficient (Wildman–Crippen LogP) is 4.95. The van der Waals surface area contributed by atoms with Crippen molar-refractivity contribution in [2.75, 3.05) is 32.8 Å². The van der Waals surface area contributed by atoms with E-state index in [9.17, 15) is 14.7 Å². The predicted molar refractivity (Wildman–Crippen MR) is 162 cm³/mol. The van der Waals surface area contributed by atoms with Crippen molar-refractivity contribution in [3.05, 3.63) is 47.3 Å². The summed E-state index contributed by atoms with van der Waals surface area (Å²) in [5.41, 5.74) is 3.64. The molecule has 1 N–H and O–H groups in total. The number of hydrogen-bond donors (Lipinski definition) is 1. The Bertz CT molecular complexity index is 1450. The summed E-state index contributed by atoms with van der Waals surface area (Å²) in [5, 5.41) is 12.4. The van der Waals surface area contributed by atoms with Crippen LogP contribution in [0.2, 0.25) is 0 Å². The molecule has 4 atom stereocenters. The van der Waals surface area contributed by atoms with Crippen LogP contribution in [-0.4, -0.2) is 81.3 Å². The van der Waals surface area contributed by atoms with Gasteiger partial charge < -0.3 is 29.3 Å². The number of hydrogen-bond acceptors (Lipinski definition) is 8. The van der Waals surface area contributed by atoms with E-state index in [4.69, 9.17) is 14.5 Å². The zero-order valence-corrected chi connectivity index (χ0v) is 25.5. The third-order valence-electron chi connectivity index (χ3n) is 11.1. The molecular weight excluding hydrogens is 544 g/mol. The van der Waals surface area contributed by atoms with Crippen molar-refractivity contribution in [3.63, 3.8) is 0 Å². The number of aliphatic hydroxyl groups is 1. The van der Waals surface area contributed by atoms with Crippen molar-refractivity contribution < 1.29 is 24.2 Å². The Labute approximate surface area is 253 Å². The molecule has 4 fully saturated rings. The van der Waals surface area contributed by atoms with Crippen LogP contribution in [0.25, 0.3) is 10.9 Å². The summed E-state index contributed by atoms with van der Waals surface area (Å²) in [5.74, 6) is -0.344. The number of aryl methyl sites for hydroxylation is 1. The molecular formula is C34H44N4O5. The highest BCUT2D eigenvalue weighted by Gasteiger charge is 2.57. The van der Waals surface area contributed by atoms with Gasteiger partial charge in [-0.15, -0.1) is 0 Å². The zero-order valence-electron chi connectivity index (χ0n) is 25.5. The number of rotatable bonds is 4. The summed E-state index contributed by atoms with van der Waals surface area (Å²) in [6, 6.07) is 6.29. The van der Waals surface area contributed by atoms with E-state index in [0.717, 1.165) is 54.6 Å². The van der Waals surface area contributed by atoms with Gasteiger partial charge in [-0.25, -0.2) is 9.59 Å². The van der Waals surface area contributed by atoms with Crippen molar-refractivity contribution in [2.24, 2.45) is 11.8 Å². The molecule has 0 spiro atoms. The molecule has 2 aromatic rings. The van der Waals surface area contributed by atoms with Crippen LogP contribution in [0.15, 0.2) is 30.5 Å². The molecule has 9 nitrogen and oxygen atoms in total. The average Bonchev–Trinajstić information content (AvgIpc) is 3.41. The van der Waals surface area contributed by atoms with Gasteiger partial charge in [0.15, 0.2) is 5.60 Å². The van der Waals surface area contributed by atoms with Crippen LogP contribution in [0.1, 0.15) is 81.7 Å². The topological polar surface area (TPSA) is 95.4 Å². The number of pyridine rings is 1. The molecule has 5 aliphatic rings. The molecule has 0 bridgehead atoms. The SMILES string of the molecule is C=C1C2COC(=O)[C@](O)(CC)C2CC2c3nc4ccc(OC(=O)N5CCC(N6CCCCC6)CC5)cc4c(CC)c3CN12. The molecule has 0 radical (unpaired) electrons. The van der Waals surface area contributed by atoms with Crippen molar-refractivity contribution in [1.82, 2.24) is 19.7 Å². The maximum Gasteiger partial charge on any atom is 0.415 e. The summed E-state index contributed by atoms with van der Waals surface area (Å²) >= 11 is 0. The maximum absolute atomic E-state index is 13.2. The lowest BCUT2D eigenvalue weighted by Crippen LogP contribution is -2.58. The number of ether oxygens (including phenoxy) is 2. The third-order valence-corrected chi connectivity index (χ3v) is 11.1. The van der Waals surface area contributed by atoms with Gasteiger partial charge in [0.2, 0.25) is 0 Å². The fourth-order valence-corrected chi connectivity index (χ4v) is 8.56. The maximum atomic E-state index is 13.2. The fraction of sp³-hybridized carbons (Fsp3) is 0.618. The molecule has 1 aromatic carbocycles. The molecule has 43 heavy (non-hydrogen) atoms. The molecule has 1 amide bonds. The van der Waals surface area contributed by atoms with Crippen LogP contribution in [0, 0.1) is 11.8 Å². The number of nitrogens with zero attached hydrogens (tertiary/aromatic N) is 4. The molecule has 6 heterocycles. The van der Waals surface area contributed by atoms with Gasteiger partial charge in [0.25, 0.3) is 0 Å².